The molecule has 1 aromatic carbocycles. The summed E-state index contributed by atoms with van der Waals surface area (Å²) in [6, 6.07) is 3.03. The van der Waals surface area contributed by atoms with Crippen molar-refractivity contribution in [1.82, 2.24) is 31.9 Å². The highest BCUT2D eigenvalue weighted by Crippen LogP contribution is 2.34. The fraction of sp³-hybridized carbons (Fsp3) is 0.703. The van der Waals surface area contributed by atoms with Gasteiger partial charge in [-0.2, -0.15) is 13.2 Å². The zero-order chi connectivity index (χ0) is 69.2. The first-order valence-electron chi connectivity index (χ1n) is 31.6. The number of alkyl halides is 3. The highest BCUT2D eigenvalue weighted by molar-refractivity contribution is 6.00. The number of carbonyl (C=O) groups is 13. The van der Waals surface area contributed by atoms with Gasteiger partial charge in [0.15, 0.2) is 23.1 Å². The third-order valence-corrected chi connectivity index (χ3v) is 17.8. The summed E-state index contributed by atoms with van der Waals surface area (Å²) < 4.78 is 37.5. The zero-order valence-electron chi connectivity index (χ0n) is 54.3. The second-order valence-corrected chi connectivity index (χ2v) is 24.6. The molecule has 1 saturated carbocycles. The van der Waals surface area contributed by atoms with E-state index in [1.165, 1.54) is 13.8 Å². The van der Waals surface area contributed by atoms with E-state index in [4.69, 9.17) is 20.4 Å². The third-order valence-electron chi connectivity index (χ3n) is 17.8. The van der Waals surface area contributed by atoms with E-state index in [2.05, 4.69) is 31.9 Å². The lowest BCUT2D eigenvalue weighted by Crippen LogP contribution is -2.65. The lowest BCUT2D eigenvalue weighted by atomic mass is 9.75. The van der Waals surface area contributed by atoms with Crippen LogP contribution in [0.5, 0.6) is 0 Å². The van der Waals surface area contributed by atoms with Crippen LogP contribution >= 0.6 is 0 Å². The number of nitrogens with two attached hydrogens (primary N) is 1. The van der Waals surface area contributed by atoms with Gasteiger partial charge >= 0.3 is 18.1 Å². The molecule has 11 N–H and O–H groups in total. The van der Waals surface area contributed by atoms with E-state index >= 15 is 0 Å². The molecule has 0 unspecified atom stereocenters. The van der Waals surface area contributed by atoms with Crippen LogP contribution < -0.4 is 37.6 Å². The predicted molar refractivity (Wildman–Crippen MR) is 326 cm³/mol. The number of ether oxygens (including phenoxy) is 1. The largest absolute Gasteiger partial charge is 0.490 e. The van der Waals surface area contributed by atoms with Crippen LogP contribution in [0.15, 0.2) is 30.3 Å². The van der Waals surface area contributed by atoms with Crippen LogP contribution in [0, 0.1) is 53.3 Å². The number of ketones is 4. The van der Waals surface area contributed by atoms with E-state index < -0.39 is 205 Å². The SMILES string of the molecule is CC[C@H](Cc1ccccc1)C(=O)N[C@H](C(=O)C[C@@H](CO)C(=O)N[C@H](CCC(N)=O)C(=O)C[C@@H](C(=O)N[C@H](C(=O)C[C@@H](CO)C(=O)N[C@H]1C(=O)C[C@@H](C)C(=O)NC2(CCC2)C(=O)N[C@@H]([C@@H](C)CC)C(=O)O[C@H]1C)[C@@H](C)CC)[C@@H](C)CC)[C@@H](C)CC.O=C(O)C(F)(F)F. The number of hydrogen-bond donors (Lipinski definition) is 10. The molecule has 1 aromatic rings. The maximum absolute atomic E-state index is 14.5. The molecule has 1 aliphatic heterocycles. The quantitative estimate of drug-likeness (QED) is 0.0444. The average Bonchev–Trinajstić information content (AvgIpc) is 1.50. The summed E-state index contributed by atoms with van der Waals surface area (Å²) in [5.41, 5.74) is 5.16. The number of aliphatic hydroxyl groups is 2. The van der Waals surface area contributed by atoms with Gasteiger partial charge in [0.25, 0.3) is 0 Å². The van der Waals surface area contributed by atoms with Crippen LogP contribution in [0.4, 0.5) is 13.2 Å². The monoisotopic (exact) mass is 1290 g/mol. The third kappa shape index (κ3) is 24.4. The molecule has 24 nitrogen and oxygen atoms in total. The maximum Gasteiger partial charge on any atom is 0.490 e. The predicted octanol–water partition coefficient (Wildman–Crippen LogP) is 4.05. The van der Waals surface area contributed by atoms with Gasteiger partial charge in [0.05, 0.1) is 43.2 Å². The Morgan fingerprint density at radius 2 is 1.20 bits per heavy atom. The lowest BCUT2D eigenvalue weighted by Gasteiger charge is -2.42. The number of esters is 1. The van der Waals surface area contributed by atoms with Crippen LogP contribution in [-0.4, -0.2) is 153 Å². The van der Waals surface area contributed by atoms with Crippen molar-refractivity contribution in [1.29, 1.82) is 0 Å². The second kappa shape index (κ2) is 38.0. The summed E-state index contributed by atoms with van der Waals surface area (Å²) in [7, 11) is 0. The van der Waals surface area contributed by atoms with Crippen molar-refractivity contribution < 1.29 is 95.6 Å². The summed E-state index contributed by atoms with van der Waals surface area (Å²) in [4.78, 5) is 175. The Bertz CT molecular complexity index is 2680. The Hall–Kier alpha value is -7.16. The number of nitrogens with one attached hydrogen (secondary N) is 6. The first-order chi connectivity index (χ1) is 42.6. The van der Waals surface area contributed by atoms with Crippen LogP contribution in [-0.2, 0) is 73.5 Å². The molecular weight excluding hydrogens is 1200 g/mol. The van der Waals surface area contributed by atoms with Crippen molar-refractivity contribution >= 4 is 76.4 Å². The molecule has 0 radical (unpaired) electrons. The Kier molecular flexibility index (Phi) is 33.4. The maximum atomic E-state index is 14.5. The Morgan fingerprint density at radius 1 is 0.692 bits per heavy atom. The van der Waals surface area contributed by atoms with Crippen LogP contribution in [0.1, 0.15) is 172 Å². The number of amides is 7. The van der Waals surface area contributed by atoms with Crippen LogP contribution in [0.25, 0.3) is 0 Å². The topological polar surface area (TPSA) is 390 Å². The molecule has 91 heavy (non-hydrogen) atoms. The molecule has 1 heterocycles. The zero-order valence-corrected chi connectivity index (χ0v) is 54.3. The Labute approximate surface area is 530 Å². The fourth-order valence-corrected chi connectivity index (χ4v) is 10.5. The van der Waals surface area contributed by atoms with E-state index in [9.17, 15) is 80.9 Å². The van der Waals surface area contributed by atoms with E-state index in [1.807, 2.05) is 51.1 Å². The molecule has 2 fully saturated rings. The molecule has 3 rings (SSSR count). The molecule has 15 atom stereocenters. The van der Waals surface area contributed by atoms with E-state index in [1.54, 1.807) is 41.5 Å². The number of hydrogen-bond acceptors (Lipinski definition) is 16. The minimum atomic E-state index is -5.08. The standard InChI is InChI=1S/C62H97N7O15.C2HF3O2/c1-12-34(6)44(31-46(72)45(23-24-50(63)76)64-57(79)42(32-70)29-48(74)51(35(7)13-2)65-56(78)41(16-5)28-40-21-18-17-19-22-40)59(81)66-52(36(8)14-3)49(75)30-43(33-71)58(80)67-54-39(11)84-60(82)53(37(9)15-4)68-61(83)62(25-20-26-62)69-55(77)38(10)27-47(54)73;3-2(4,5)1(6)7/h17-19,21-22,34-39,41-45,51-54,70-71H,12-16,20,23-33H2,1-11H3,(H2,63,76)(H,64,79)(H,65,78)(H,66,81)(H,67,80)(H,68,83)(H,69,77);(H,6,7)/t34-,35-,36-,37-,38+,39-,41+,42-,43-,44+,45+,51-,52-,53-,54+;/m0./s1. The van der Waals surface area contributed by atoms with E-state index in [-0.39, 0.29) is 24.7 Å². The van der Waals surface area contributed by atoms with Gasteiger partial charge in [-0.15, -0.1) is 0 Å². The molecule has 1 saturated heterocycles. The number of aliphatic carboxylic acids is 1. The summed E-state index contributed by atoms with van der Waals surface area (Å²) in [5, 5.41) is 44.6. The molecule has 1 aliphatic carbocycles. The molecular formula is C64H98F3N7O17. The van der Waals surface area contributed by atoms with Gasteiger partial charge in [0.2, 0.25) is 41.4 Å². The number of rotatable bonds is 33. The number of cyclic esters (lactones) is 1. The fourth-order valence-electron chi connectivity index (χ4n) is 10.5. The van der Waals surface area contributed by atoms with E-state index in [0.717, 1.165) is 5.56 Å². The molecule has 512 valence electrons. The Morgan fingerprint density at radius 3 is 1.65 bits per heavy atom. The van der Waals surface area contributed by atoms with Gasteiger partial charge < -0.3 is 57.7 Å². The summed E-state index contributed by atoms with van der Waals surface area (Å²) in [6.45, 7) is 17.2. The lowest BCUT2D eigenvalue weighted by molar-refractivity contribution is -0.192. The highest BCUT2D eigenvalue weighted by atomic mass is 19.4. The molecule has 0 aromatic heterocycles. The van der Waals surface area contributed by atoms with E-state index in [0.29, 0.717) is 57.8 Å². The number of benzene rings is 1. The summed E-state index contributed by atoms with van der Waals surface area (Å²) in [5.74, 6) is -18.3. The van der Waals surface area contributed by atoms with Gasteiger partial charge in [-0.05, 0) is 74.7 Å². The summed E-state index contributed by atoms with van der Waals surface area (Å²) in [6.07, 6.45) is -5.26. The van der Waals surface area contributed by atoms with Crippen molar-refractivity contribution in [2.75, 3.05) is 13.2 Å². The highest BCUT2D eigenvalue weighted by Gasteiger charge is 2.49. The van der Waals surface area contributed by atoms with Gasteiger partial charge in [-0.3, -0.25) is 52.7 Å². The van der Waals surface area contributed by atoms with Crippen molar-refractivity contribution in [2.45, 2.75) is 221 Å². The minimum absolute atomic E-state index is 0.287. The number of primary amides is 1. The number of carboxylic acid groups (broad SMARTS) is 1. The van der Waals surface area contributed by atoms with Crippen LogP contribution in [0.2, 0.25) is 0 Å². The number of halogens is 3. The van der Waals surface area contributed by atoms with Crippen molar-refractivity contribution in [3.8, 4) is 0 Å². The molecule has 0 bridgehead atoms. The van der Waals surface area contributed by atoms with Gasteiger partial charge in [-0.25, -0.2) is 9.59 Å². The van der Waals surface area contributed by atoms with Crippen molar-refractivity contribution in [3.05, 3.63) is 35.9 Å². The normalized spacial score (nSPS) is 21.4. The smallest absolute Gasteiger partial charge is 0.475 e. The average molecular weight is 1290 g/mol. The molecule has 2 aliphatic rings. The van der Waals surface area contributed by atoms with Gasteiger partial charge in [0, 0.05) is 49.9 Å². The van der Waals surface area contributed by atoms with Gasteiger partial charge in [-0.1, -0.05) is 125 Å². The van der Waals surface area contributed by atoms with Crippen molar-refractivity contribution in [2.24, 2.45) is 59.0 Å². The molecule has 7 amide bonds. The number of aliphatic hydroxyl groups excluding tert-OH is 2. The van der Waals surface area contributed by atoms with Crippen molar-refractivity contribution in [3.63, 3.8) is 0 Å². The minimum Gasteiger partial charge on any atom is -0.475 e. The molecule has 1 spiro atoms. The molecule has 27 heteroatoms. The van der Waals surface area contributed by atoms with Gasteiger partial charge in [0.1, 0.15) is 23.7 Å². The number of Topliss-reactive ketones (excluding diaryl/α,β-unsaturated/α-hetero) is 4. The number of carboxylic acids is 1. The Balaban J connectivity index is 0.00000379. The summed E-state index contributed by atoms with van der Waals surface area (Å²) >= 11 is 0. The first kappa shape index (κ1) is 79.9. The number of carbonyl (C=O) groups excluding carboxylic acids is 12. The van der Waals surface area contributed by atoms with Crippen LogP contribution in [0.3, 0.4) is 0 Å². The second-order valence-electron chi connectivity index (χ2n) is 24.6. The first-order valence-corrected chi connectivity index (χ1v) is 31.6.